The fourth-order valence-electron chi connectivity index (χ4n) is 1.16. The zero-order valence-electron chi connectivity index (χ0n) is 8.01. The van der Waals surface area contributed by atoms with E-state index in [2.05, 4.69) is 15.0 Å². The molecule has 5 heteroatoms. The standard InChI is InChI=1S/C10H8FN3S/c1-15-10-13-5-3-8(14-10)7-2-4-12-9(11)6-7/h2-6H,1H3. The first kappa shape index (κ1) is 10.0. The molecule has 0 bridgehead atoms. The summed E-state index contributed by atoms with van der Waals surface area (Å²) in [5, 5.41) is 0.671. The van der Waals surface area contributed by atoms with E-state index in [9.17, 15) is 4.39 Å². The van der Waals surface area contributed by atoms with Crippen molar-refractivity contribution in [1.82, 2.24) is 15.0 Å². The maximum atomic E-state index is 12.9. The molecule has 0 fully saturated rings. The van der Waals surface area contributed by atoms with Crippen molar-refractivity contribution in [3.8, 4) is 11.3 Å². The zero-order chi connectivity index (χ0) is 10.7. The molecular weight excluding hydrogens is 213 g/mol. The average molecular weight is 221 g/mol. The molecule has 0 radical (unpaired) electrons. The summed E-state index contributed by atoms with van der Waals surface area (Å²) in [5.41, 5.74) is 1.41. The van der Waals surface area contributed by atoms with E-state index in [-0.39, 0.29) is 0 Å². The third-order valence-corrected chi connectivity index (χ3v) is 2.40. The van der Waals surface area contributed by atoms with E-state index in [1.807, 2.05) is 6.26 Å². The Bertz CT molecular complexity index is 476. The van der Waals surface area contributed by atoms with Crippen molar-refractivity contribution in [2.24, 2.45) is 0 Å². The summed E-state index contributed by atoms with van der Waals surface area (Å²) in [4.78, 5) is 11.8. The van der Waals surface area contributed by atoms with E-state index in [1.54, 1.807) is 18.3 Å². The van der Waals surface area contributed by atoms with Gasteiger partial charge in [0.05, 0.1) is 5.69 Å². The van der Waals surface area contributed by atoms with Gasteiger partial charge < -0.3 is 0 Å². The van der Waals surface area contributed by atoms with Crippen LogP contribution in [0, 0.1) is 5.95 Å². The van der Waals surface area contributed by atoms with Crippen molar-refractivity contribution >= 4 is 11.8 Å². The van der Waals surface area contributed by atoms with Crippen LogP contribution >= 0.6 is 11.8 Å². The Morgan fingerprint density at radius 2 is 2.00 bits per heavy atom. The molecule has 76 valence electrons. The second-order valence-electron chi connectivity index (χ2n) is 2.80. The molecule has 0 atom stereocenters. The summed E-state index contributed by atoms with van der Waals surface area (Å²) in [6.07, 6.45) is 4.98. The minimum Gasteiger partial charge on any atom is -0.231 e. The van der Waals surface area contributed by atoms with Gasteiger partial charge in [0, 0.05) is 24.0 Å². The number of hydrogen-bond donors (Lipinski definition) is 0. The molecule has 0 aromatic carbocycles. The first-order valence-electron chi connectivity index (χ1n) is 4.28. The van der Waals surface area contributed by atoms with Crippen molar-refractivity contribution in [1.29, 1.82) is 0 Å². The molecule has 0 saturated heterocycles. The lowest BCUT2D eigenvalue weighted by atomic mass is 10.2. The molecule has 2 rings (SSSR count). The highest BCUT2D eigenvalue weighted by Crippen LogP contribution is 2.18. The van der Waals surface area contributed by atoms with Crippen LogP contribution in [0.3, 0.4) is 0 Å². The van der Waals surface area contributed by atoms with Crippen LogP contribution < -0.4 is 0 Å². The van der Waals surface area contributed by atoms with Crippen molar-refractivity contribution in [3.63, 3.8) is 0 Å². The minimum absolute atomic E-state index is 0.503. The van der Waals surface area contributed by atoms with Gasteiger partial charge in [-0.15, -0.1) is 0 Å². The smallest absolute Gasteiger partial charge is 0.213 e. The highest BCUT2D eigenvalue weighted by Gasteiger charge is 2.02. The Hall–Kier alpha value is -1.49. The number of thioether (sulfide) groups is 1. The second-order valence-corrected chi connectivity index (χ2v) is 3.57. The molecule has 0 unspecified atom stereocenters. The molecule has 0 aliphatic heterocycles. The van der Waals surface area contributed by atoms with Crippen LogP contribution in [0.25, 0.3) is 11.3 Å². The van der Waals surface area contributed by atoms with Crippen LogP contribution in [0.2, 0.25) is 0 Å². The highest BCUT2D eigenvalue weighted by molar-refractivity contribution is 7.98. The molecule has 3 nitrogen and oxygen atoms in total. The summed E-state index contributed by atoms with van der Waals surface area (Å²) in [7, 11) is 0. The fraction of sp³-hybridized carbons (Fsp3) is 0.100. The van der Waals surface area contributed by atoms with Crippen LogP contribution in [0.15, 0.2) is 35.7 Å². The maximum absolute atomic E-state index is 12.9. The molecular formula is C10H8FN3S. The first-order valence-corrected chi connectivity index (χ1v) is 5.51. The molecule has 2 aromatic rings. The second kappa shape index (κ2) is 4.35. The molecule has 15 heavy (non-hydrogen) atoms. The van der Waals surface area contributed by atoms with Gasteiger partial charge in [0.25, 0.3) is 0 Å². The van der Waals surface area contributed by atoms with Crippen LogP contribution in [-0.2, 0) is 0 Å². The van der Waals surface area contributed by atoms with Crippen molar-refractivity contribution < 1.29 is 4.39 Å². The van der Waals surface area contributed by atoms with Gasteiger partial charge >= 0.3 is 0 Å². The number of halogens is 1. The van der Waals surface area contributed by atoms with E-state index >= 15 is 0 Å². The topological polar surface area (TPSA) is 38.7 Å². The Balaban J connectivity index is 2.44. The quantitative estimate of drug-likeness (QED) is 0.443. The first-order chi connectivity index (χ1) is 7.29. The molecule has 0 amide bonds. The lowest BCUT2D eigenvalue weighted by Gasteiger charge is -2.01. The van der Waals surface area contributed by atoms with Crippen molar-refractivity contribution in [2.45, 2.75) is 5.16 Å². The number of hydrogen-bond acceptors (Lipinski definition) is 4. The zero-order valence-corrected chi connectivity index (χ0v) is 8.83. The lowest BCUT2D eigenvalue weighted by Crippen LogP contribution is -1.90. The van der Waals surface area contributed by atoms with E-state index in [1.165, 1.54) is 24.0 Å². The van der Waals surface area contributed by atoms with Gasteiger partial charge in [-0.1, -0.05) is 11.8 Å². The molecule has 0 N–H and O–H groups in total. The average Bonchev–Trinajstić information content (AvgIpc) is 2.29. The third-order valence-electron chi connectivity index (χ3n) is 1.84. The summed E-state index contributed by atoms with van der Waals surface area (Å²) in [6.45, 7) is 0. The lowest BCUT2D eigenvalue weighted by molar-refractivity contribution is 0.584. The minimum atomic E-state index is -0.503. The SMILES string of the molecule is CSc1nccc(-c2ccnc(F)c2)n1. The van der Waals surface area contributed by atoms with Crippen LogP contribution in [0.1, 0.15) is 0 Å². The van der Waals surface area contributed by atoms with Crippen LogP contribution in [0.5, 0.6) is 0 Å². The Labute approximate surface area is 90.8 Å². The van der Waals surface area contributed by atoms with E-state index in [0.29, 0.717) is 16.4 Å². The Kier molecular flexibility index (Phi) is 2.91. The summed E-state index contributed by atoms with van der Waals surface area (Å²) in [5.74, 6) is -0.503. The molecule has 0 aliphatic carbocycles. The largest absolute Gasteiger partial charge is 0.231 e. The fourth-order valence-corrected chi connectivity index (χ4v) is 1.52. The Morgan fingerprint density at radius 1 is 1.20 bits per heavy atom. The highest BCUT2D eigenvalue weighted by atomic mass is 32.2. The van der Waals surface area contributed by atoms with E-state index < -0.39 is 5.95 Å². The van der Waals surface area contributed by atoms with E-state index in [0.717, 1.165) is 0 Å². The molecule has 0 spiro atoms. The Morgan fingerprint density at radius 3 is 2.73 bits per heavy atom. The molecule has 0 aliphatic rings. The number of rotatable bonds is 2. The molecule has 2 heterocycles. The van der Waals surface area contributed by atoms with Crippen molar-refractivity contribution in [3.05, 3.63) is 36.5 Å². The van der Waals surface area contributed by atoms with Gasteiger partial charge in [-0.3, -0.25) is 0 Å². The monoisotopic (exact) mass is 221 g/mol. The number of nitrogens with zero attached hydrogens (tertiary/aromatic N) is 3. The van der Waals surface area contributed by atoms with Gasteiger partial charge in [0.15, 0.2) is 5.16 Å². The summed E-state index contributed by atoms with van der Waals surface area (Å²) < 4.78 is 12.9. The van der Waals surface area contributed by atoms with Gasteiger partial charge in [-0.2, -0.15) is 4.39 Å². The third kappa shape index (κ3) is 2.30. The maximum Gasteiger partial charge on any atom is 0.213 e. The number of pyridine rings is 1. The van der Waals surface area contributed by atoms with Gasteiger partial charge in [-0.05, 0) is 18.4 Å². The predicted molar refractivity (Wildman–Crippen MR) is 57.0 cm³/mol. The summed E-state index contributed by atoms with van der Waals surface area (Å²) in [6, 6.07) is 4.82. The van der Waals surface area contributed by atoms with E-state index in [4.69, 9.17) is 0 Å². The molecule has 0 saturated carbocycles. The summed E-state index contributed by atoms with van der Waals surface area (Å²) >= 11 is 1.45. The van der Waals surface area contributed by atoms with Gasteiger partial charge in [0.2, 0.25) is 5.95 Å². The van der Waals surface area contributed by atoms with Gasteiger partial charge in [-0.25, -0.2) is 15.0 Å². The van der Waals surface area contributed by atoms with Crippen molar-refractivity contribution in [2.75, 3.05) is 6.26 Å². The van der Waals surface area contributed by atoms with Crippen LogP contribution in [-0.4, -0.2) is 21.2 Å². The normalized spacial score (nSPS) is 10.3. The number of aromatic nitrogens is 3. The van der Waals surface area contributed by atoms with Crippen LogP contribution in [0.4, 0.5) is 4.39 Å². The predicted octanol–water partition coefficient (Wildman–Crippen LogP) is 2.40. The molecule has 2 aromatic heterocycles. The van der Waals surface area contributed by atoms with Gasteiger partial charge in [0.1, 0.15) is 0 Å².